The van der Waals surface area contributed by atoms with Crippen LogP contribution in [-0.2, 0) is 0 Å². The van der Waals surface area contributed by atoms with E-state index in [0.29, 0.717) is 11.3 Å². The number of pyridine rings is 2. The van der Waals surface area contributed by atoms with Crippen LogP contribution in [-0.4, -0.2) is 20.9 Å². The molecule has 0 radical (unpaired) electrons. The zero-order chi connectivity index (χ0) is 20.3. The second-order valence-corrected chi connectivity index (χ2v) is 6.97. The van der Waals surface area contributed by atoms with Gasteiger partial charge in [0.25, 0.3) is 5.91 Å². The molecule has 0 atom stereocenters. The number of hydrogen-bond donors (Lipinski definition) is 2. The Labute approximate surface area is 173 Å². The largest absolute Gasteiger partial charge is 0.344 e. The predicted octanol–water partition coefficient (Wildman–Crippen LogP) is 5.54. The zero-order valence-electron chi connectivity index (χ0n) is 16.0. The predicted molar refractivity (Wildman–Crippen MR) is 119 cm³/mol. The molecule has 0 unspecified atom stereocenters. The molecule has 5 heteroatoms. The van der Waals surface area contributed by atoms with E-state index in [0.717, 1.165) is 27.7 Å². The van der Waals surface area contributed by atoms with Gasteiger partial charge in [-0.05, 0) is 41.0 Å². The summed E-state index contributed by atoms with van der Waals surface area (Å²) < 4.78 is 0. The molecule has 0 spiro atoms. The van der Waals surface area contributed by atoms with E-state index in [-0.39, 0.29) is 5.91 Å². The van der Waals surface area contributed by atoms with Crippen molar-refractivity contribution in [1.29, 1.82) is 0 Å². The number of carbonyl (C=O) groups excluding carboxylic acids is 1. The van der Waals surface area contributed by atoms with Gasteiger partial charge in [0.1, 0.15) is 5.65 Å². The monoisotopic (exact) mass is 390 g/mol. The lowest BCUT2D eigenvalue weighted by molar-refractivity contribution is 0.102. The first-order chi connectivity index (χ1) is 14.8. The van der Waals surface area contributed by atoms with Crippen LogP contribution in [0.15, 0.2) is 97.6 Å². The first-order valence-corrected chi connectivity index (χ1v) is 9.62. The zero-order valence-corrected chi connectivity index (χ0v) is 16.0. The number of amides is 1. The highest BCUT2D eigenvalue weighted by Crippen LogP contribution is 2.30. The Kier molecular flexibility index (Phi) is 4.54. The van der Waals surface area contributed by atoms with Gasteiger partial charge >= 0.3 is 0 Å². The minimum Gasteiger partial charge on any atom is -0.344 e. The summed E-state index contributed by atoms with van der Waals surface area (Å²) in [6, 6.07) is 24.1. The molecular weight excluding hydrogens is 372 g/mol. The summed E-state index contributed by atoms with van der Waals surface area (Å²) >= 11 is 0. The second-order valence-electron chi connectivity index (χ2n) is 6.97. The van der Waals surface area contributed by atoms with E-state index in [1.54, 1.807) is 30.7 Å². The van der Waals surface area contributed by atoms with Crippen LogP contribution in [0.5, 0.6) is 0 Å². The Hall–Kier alpha value is -4.25. The van der Waals surface area contributed by atoms with Gasteiger partial charge < -0.3 is 10.3 Å². The summed E-state index contributed by atoms with van der Waals surface area (Å²) in [6.07, 6.45) is 6.79. The number of nitrogens with zero attached hydrogens (tertiary/aromatic N) is 2. The summed E-state index contributed by atoms with van der Waals surface area (Å²) in [4.78, 5) is 24.2. The molecule has 3 aromatic heterocycles. The fraction of sp³-hybridized carbons (Fsp3) is 0. The number of anilines is 1. The van der Waals surface area contributed by atoms with Crippen LogP contribution in [0.25, 0.3) is 33.3 Å². The molecule has 5 rings (SSSR count). The van der Waals surface area contributed by atoms with Gasteiger partial charge in [-0.1, -0.05) is 48.5 Å². The lowest BCUT2D eigenvalue weighted by Gasteiger charge is -2.07. The number of aromatic nitrogens is 3. The summed E-state index contributed by atoms with van der Waals surface area (Å²) in [7, 11) is 0. The number of aromatic amines is 1. The SMILES string of the molecule is O=C(Nc1c[nH]c2ncc(-c3cccc(-c4ccccc4)c3)cc12)c1cccnc1. The van der Waals surface area contributed by atoms with Crippen molar-refractivity contribution in [3.63, 3.8) is 0 Å². The van der Waals surface area contributed by atoms with Gasteiger partial charge in [0.2, 0.25) is 0 Å². The molecule has 0 bridgehead atoms. The van der Waals surface area contributed by atoms with E-state index >= 15 is 0 Å². The number of carbonyl (C=O) groups is 1. The Balaban J connectivity index is 1.50. The molecule has 3 heterocycles. The lowest BCUT2D eigenvalue weighted by Crippen LogP contribution is -2.11. The first kappa shape index (κ1) is 17.8. The van der Waals surface area contributed by atoms with E-state index < -0.39 is 0 Å². The van der Waals surface area contributed by atoms with E-state index in [4.69, 9.17) is 0 Å². The second kappa shape index (κ2) is 7.64. The molecule has 0 fully saturated rings. The van der Waals surface area contributed by atoms with Crippen molar-refractivity contribution in [3.05, 3.63) is 103 Å². The third kappa shape index (κ3) is 3.44. The van der Waals surface area contributed by atoms with Crippen molar-refractivity contribution >= 4 is 22.6 Å². The van der Waals surface area contributed by atoms with Gasteiger partial charge in [0, 0.05) is 35.7 Å². The first-order valence-electron chi connectivity index (χ1n) is 9.62. The van der Waals surface area contributed by atoms with E-state index in [1.165, 1.54) is 5.56 Å². The summed E-state index contributed by atoms with van der Waals surface area (Å²) in [6.45, 7) is 0. The topological polar surface area (TPSA) is 70.7 Å². The maximum atomic E-state index is 12.5. The molecular formula is C25H18N4O. The minimum absolute atomic E-state index is 0.208. The lowest BCUT2D eigenvalue weighted by atomic mass is 9.99. The number of hydrogen-bond acceptors (Lipinski definition) is 3. The van der Waals surface area contributed by atoms with Gasteiger partial charge in [-0.2, -0.15) is 0 Å². The highest BCUT2D eigenvalue weighted by Gasteiger charge is 2.12. The maximum Gasteiger partial charge on any atom is 0.257 e. The molecule has 144 valence electrons. The van der Waals surface area contributed by atoms with Crippen LogP contribution < -0.4 is 5.32 Å². The van der Waals surface area contributed by atoms with Crippen LogP contribution in [0.4, 0.5) is 5.69 Å². The van der Waals surface area contributed by atoms with Gasteiger partial charge in [-0.3, -0.25) is 9.78 Å². The number of nitrogens with one attached hydrogen (secondary N) is 2. The normalized spacial score (nSPS) is 10.8. The van der Waals surface area contributed by atoms with Gasteiger partial charge in [0.05, 0.1) is 11.3 Å². The fourth-order valence-electron chi connectivity index (χ4n) is 3.47. The Bertz CT molecular complexity index is 1330. The van der Waals surface area contributed by atoms with Crippen molar-refractivity contribution in [2.24, 2.45) is 0 Å². The molecule has 0 aliphatic rings. The van der Waals surface area contributed by atoms with E-state index in [1.807, 2.05) is 36.5 Å². The number of rotatable bonds is 4. The molecule has 0 saturated carbocycles. The van der Waals surface area contributed by atoms with Crippen molar-refractivity contribution in [1.82, 2.24) is 15.0 Å². The molecule has 0 aliphatic carbocycles. The summed E-state index contributed by atoms with van der Waals surface area (Å²) in [5.41, 5.74) is 6.28. The van der Waals surface area contributed by atoms with Crippen molar-refractivity contribution in [2.75, 3.05) is 5.32 Å². The molecule has 0 aliphatic heterocycles. The average Bonchev–Trinajstić information content (AvgIpc) is 3.22. The summed E-state index contributed by atoms with van der Waals surface area (Å²) in [5, 5.41) is 3.80. The van der Waals surface area contributed by atoms with Crippen molar-refractivity contribution in [3.8, 4) is 22.3 Å². The molecule has 1 amide bonds. The van der Waals surface area contributed by atoms with Crippen LogP contribution in [0.3, 0.4) is 0 Å². The number of fused-ring (bicyclic) bond motifs is 1. The average molecular weight is 390 g/mol. The third-order valence-electron chi connectivity index (χ3n) is 5.01. The Morgan fingerprint density at radius 2 is 1.60 bits per heavy atom. The minimum atomic E-state index is -0.208. The number of benzene rings is 2. The molecule has 30 heavy (non-hydrogen) atoms. The van der Waals surface area contributed by atoms with Gasteiger partial charge in [-0.25, -0.2) is 4.98 Å². The van der Waals surface area contributed by atoms with Crippen LogP contribution in [0, 0.1) is 0 Å². The van der Waals surface area contributed by atoms with Crippen LogP contribution in [0.2, 0.25) is 0 Å². The highest BCUT2D eigenvalue weighted by atomic mass is 16.1. The summed E-state index contributed by atoms with van der Waals surface area (Å²) in [5.74, 6) is -0.208. The Morgan fingerprint density at radius 1 is 0.800 bits per heavy atom. The standard InChI is InChI=1S/C25H18N4O/c30-25(20-10-5-11-26-14-20)29-23-16-28-24-22(23)13-21(15-27-24)19-9-4-8-18(12-19)17-6-2-1-3-7-17/h1-16H,(H,27,28)(H,29,30). The molecule has 2 N–H and O–H groups in total. The quantitative estimate of drug-likeness (QED) is 0.423. The van der Waals surface area contributed by atoms with Crippen LogP contribution >= 0.6 is 0 Å². The Morgan fingerprint density at radius 3 is 2.40 bits per heavy atom. The maximum absolute atomic E-state index is 12.5. The van der Waals surface area contributed by atoms with Crippen LogP contribution in [0.1, 0.15) is 10.4 Å². The fourth-order valence-corrected chi connectivity index (χ4v) is 3.47. The third-order valence-corrected chi connectivity index (χ3v) is 5.01. The van der Waals surface area contributed by atoms with Crippen molar-refractivity contribution in [2.45, 2.75) is 0 Å². The van der Waals surface area contributed by atoms with Gasteiger partial charge in [-0.15, -0.1) is 0 Å². The van der Waals surface area contributed by atoms with E-state index in [9.17, 15) is 4.79 Å². The molecule has 5 nitrogen and oxygen atoms in total. The molecule has 2 aromatic carbocycles. The van der Waals surface area contributed by atoms with Gasteiger partial charge in [0.15, 0.2) is 0 Å². The number of H-pyrrole nitrogens is 1. The molecule has 0 saturated heterocycles. The molecule has 5 aromatic rings. The smallest absolute Gasteiger partial charge is 0.257 e. The highest BCUT2D eigenvalue weighted by molar-refractivity contribution is 6.08. The van der Waals surface area contributed by atoms with E-state index in [2.05, 4.69) is 50.6 Å². The van der Waals surface area contributed by atoms with Crippen molar-refractivity contribution < 1.29 is 4.79 Å².